The van der Waals surface area contributed by atoms with Gasteiger partial charge in [0.05, 0.1) is 16.4 Å². The normalized spacial score (nSPS) is 18.8. The van der Waals surface area contributed by atoms with Crippen LogP contribution in [0.3, 0.4) is 0 Å². The minimum Gasteiger partial charge on any atom is -0.478 e. The smallest absolute Gasteiger partial charge is 0.336 e. The van der Waals surface area contributed by atoms with Crippen molar-refractivity contribution in [3.63, 3.8) is 0 Å². The molecular formula is C20H16N2O4S2. The molecule has 0 saturated carbocycles. The maximum Gasteiger partial charge on any atom is 0.336 e. The number of imide groups is 1. The Hall–Kier alpha value is -2.63. The maximum atomic E-state index is 13.0. The van der Waals surface area contributed by atoms with Gasteiger partial charge in [-0.2, -0.15) is 5.26 Å². The summed E-state index contributed by atoms with van der Waals surface area (Å²) in [5, 5.41) is 18.7. The van der Waals surface area contributed by atoms with Crippen LogP contribution in [0.25, 0.3) is 0 Å². The molecular weight excluding hydrogens is 396 g/mol. The number of carboxylic acids is 1. The van der Waals surface area contributed by atoms with Crippen molar-refractivity contribution >= 4 is 45.9 Å². The molecule has 1 saturated heterocycles. The van der Waals surface area contributed by atoms with E-state index in [4.69, 9.17) is 0 Å². The lowest BCUT2D eigenvalue weighted by atomic mass is 9.96. The largest absolute Gasteiger partial charge is 0.478 e. The SMILES string of the molecule is N#Cc1c(N2C(=O)C[C@@H](Sc3ccccc3C(=O)O)C2=O)sc2c1CCCC2. The number of benzene rings is 1. The summed E-state index contributed by atoms with van der Waals surface area (Å²) < 4.78 is 0. The molecule has 1 fully saturated rings. The Morgan fingerprint density at radius 1 is 1.25 bits per heavy atom. The first-order valence-corrected chi connectivity index (χ1v) is 10.6. The van der Waals surface area contributed by atoms with Crippen LogP contribution in [0, 0.1) is 11.3 Å². The van der Waals surface area contributed by atoms with E-state index in [1.54, 1.807) is 18.2 Å². The van der Waals surface area contributed by atoms with Gasteiger partial charge < -0.3 is 5.11 Å². The topological polar surface area (TPSA) is 98.5 Å². The van der Waals surface area contributed by atoms with Crippen molar-refractivity contribution in [3.05, 3.63) is 45.8 Å². The third-order valence-electron chi connectivity index (χ3n) is 4.96. The summed E-state index contributed by atoms with van der Waals surface area (Å²) >= 11 is 2.46. The van der Waals surface area contributed by atoms with Gasteiger partial charge in [-0.25, -0.2) is 9.69 Å². The minimum atomic E-state index is -1.07. The van der Waals surface area contributed by atoms with Gasteiger partial charge in [-0.15, -0.1) is 23.1 Å². The number of hydrogen-bond donors (Lipinski definition) is 1. The van der Waals surface area contributed by atoms with E-state index in [1.807, 2.05) is 0 Å². The Morgan fingerprint density at radius 2 is 2.00 bits per heavy atom. The molecule has 1 aliphatic heterocycles. The highest BCUT2D eigenvalue weighted by atomic mass is 32.2. The summed E-state index contributed by atoms with van der Waals surface area (Å²) in [7, 11) is 0. The van der Waals surface area contributed by atoms with Gasteiger partial charge in [0.1, 0.15) is 11.1 Å². The fourth-order valence-corrected chi connectivity index (χ4v) is 6.17. The number of carbonyl (C=O) groups is 3. The fourth-order valence-electron chi connectivity index (χ4n) is 3.63. The number of nitriles is 1. The summed E-state index contributed by atoms with van der Waals surface area (Å²) in [6, 6.07) is 8.63. The van der Waals surface area contributed by atoms with Gasteiger partial charge in [0.15, 0.2) is 0 Å². The van der Waals surface area contributed by atoms with E-state index in [2.05, 4.69) is 6.07 Å². The number of carboxylic acid groups (broad SMARTS) is 1. The van der Waals surface area contributed by atoms with E-state index < -0.39 is 11.2 Å². The van der Waals surface area contributed by atoms with Crippen LogP contribution in [0.5, 0.6) is 0 Å². The second kappa shape index (κ2) is 7.41. The number of aromatic carboxylic acids is 1. The van der Waals surface area contributed by atoms with Crippen LogP contribution in [-0.4, -0.2) is 28.1 Å². The first kappa shape index (κ1) is 18.7. The molecule has 28 heavy (non-hydrogen) atoms. The first-order valence-electron chi connectivity index (χ1n) is 8.91. The van der Waals surface area contributed by atoms with Crippen molar-refractivity contribution in [2.24, 2.45) is 0 Å². The number of thiophene rings is 1. The molecule has 6 nitrogen and oxygen atoms in total. The number of thioether (sulfide) groups is 1. The van der Waals surface area contributed by atoms with Crippen LogP contribution in [0.15, 0.2) is 29.2 Å². The lowest BCUT2D eigenvalue weighted by Crippen LogP contribution is -2.31. The predicted molar refractivity (Wildman–Crippen MR) is 106 cm³/mol. The summed E-state index contributed by atoms with van der Waals surface area (Å²) in [5.74, 6) is -1.80. The molecule has 1 aromatic carbocycles. The van der Waals surface area contributed by atoms with Gasteiger partial charge in [-0.05, 0) is 43.4 Å². The third-order valence-corrected chi connectivity index (χ3v) is 7.50. The van der Waals surface area contributed by atoms with Crippen LogP contribution in [0.4, 0.5) is 5.00 Å². The molecule has 2 amide bonds. The standard InChI is InChI=1S/C20H16N2O4S2/c21-10-13-11-5-1-3-7-14(11)28-19(13)22-17(23)9-16(18(22)24)27-15-8-4-2-6-12(15)20(25)26/h2,4,6,8,16H,1,3,5,7,9H2,(H,25,26)/t16-/m1/s1. The summed E-state index contributed by atoms with van der Waals surface area (Å²) in [6.45, 7) is 0. The van der Waals surface area contributed by atoms with Crippen LogP contribution >= 0.6 is 23.1 Å². The van der Waals surface area contributed by atoms with E-state index >= 15 is 0 Å². The molecule has 1 aliphatic carbocycles. The van der Waals surface area contributed by atoms with Gasteiger partial charge in [0.2, 0.25) is 11.8 Å². The number of fused-ring (bicyclic) bond motifs is 1. The zero-order chi connectivity index (χ0) is 19.8. The van der Waals surface area contributed by atoms with Crippen molar-refractivity contribution in [2.45, 2.75) is 42.2 Å². The third kappa shape index (κ3) is 3.11. The number of aryl methyl sites for hydroxylation is 1. The Kier molecular flexibility index (Phi) is 4.96. The van der Waals surface area contributed by atoms with Gasteiger partial charge in [0.25, 0.3) is 0 Å². The monoisotopic (exact) mass is 412 g/mol. The van der Waals surface area contributed by atoms with Crippen LogP contribution < -0.4 is 4.90 Å². The molecule has 0 radical (unpaired) electrons. The summed E-state index contributed by atoms with van der Waals surface area (Å²) in [4.78, 5) is 39.8. The number of hydrogen-bond acceptors (Lipinski definition) is 6. The first-order chi connectivity index (χ1) is 13.5. The Labute approximate surface area is 169 Å². The molecule has 0 unspecified atom stereocenters. The van der Waals surface area contributed by atoms with E-state index in [0.717, 1.165) is 52.8 Å². The fraction of sp³-hybridized carbons (Fsp3) is 0.300. The second-order valence-corrected chi connectivity index (χ2v) is 9.01. The molecule has 1 aromatic heterocycles. The van der Waals surface area contributed by atoms with E-state index in [0.29, 0.717) is 15.5 Å². The highest BCUT2D eigenvalue weighted by Crippen LogP contribution is 2.43. The number of anilines is 1. The van der Waals surface area contributed by atoms with E-state index in [-0.39, 0.29) is 23.8 Å². The van der Waals surface area contributed by atoms with Crippen LogP contribution in [0.2, 0.25) is 0 Å². The second-order valence-electron chi connectivity index (χ2n) is 6.68. The molecule has 2 aliphatic rings. The highest BCUT2D eigenvalue weighted by molar-refractivity contribution is 8.00. The molecule has 4 rings (SSSR count). The Bertz CT molecular complexity index is 1040. The average Bonchev–Trinajstić information content (AvgIpc) is 3.18. The van der Waals surface area contributed by atoms with Gasteiger partial charge in [-0.3, -0.25) is 9.59 Å². The molecule has 8 heteroatoms. The van der Waals surface area contributed by atoms with Gasteiger partial charge in [-0.1, -0.05) is 12.1 Å². The summed E-state index contributed by atoms with van der Waals surface area (Å²) in [5.41, 5.74) is 1.52. The molecule has 142 valence electrons. The predicted octanol–water partition coefficient (Wildman–Crippen LogP) is 3.62. The Morgan fingerprint density at radius 3 is 2.75 bits per heavy atom. The van der Waals surface area contributed by atoms with Crippen molar-refractivity contribution in [1.82, 2.24) is 0 Å². The van der Waals surface area contributed by atoms with E-state index in [1.165, 1.54) is 17.4 Å². The zero-order valence-corrected chi connectivity index (χ0v) is 16.4. The van der Waals surface area contributed by atoms with Gasteiger partial charge in [0, 0.05) is 16.2 Å². The lowest BCUT2D eigenvalue weighted by Gasteiger charge is -2.14. The molecule has 2 aromatic rings. The summed E-state index contributed by atoms with van der Waals surface area (Å²) in [6.07, 6.45) is 3.71. The number of carbonyl (C=O) groups excluding carboxylic acids is 2. The van der Waals surface area contributed by atoms with Crippen LogP contribution in [-0.2, 0) is 22.4 Å². The molecule has 2 heterocycles. The van der Waals surface area contributed by atoms with Crippen molar-refractivity contribution in [2.75, 3.05) is 4.90 Å². The number of rotatable bonds is 4. The van der Waals surface area contributed by atoms with Gasteiger partial charge >= 0.3 is 5.97 Å². The molecule has 1 atom stereocenters. The molecule has 0 bridgehead atoms. The quantitative estimate of drug-likeness (QED) is 0.770. The van der Waals surface area contributed by atoms with E-state index in [9.17, 15) is 24.8 Å². The average molecular weight is 412 g/mol. The van der Waals surface area contributed by atoms with Crippen molar-refractivity contribution < 1.29 is 19.5 Å². The molecule has 1 N–H and O–H groups in total. The maximum absolute atomic E-state index is 13.0. The van der Waals surface area contributed by atoms with Crippen LogP contribution in [0.1, 0.15) is 45.6 Å². The molecule has 0 spiro atoms. The lowest BCUT2D eigenvalue weighted by molar-refractivity contribution is -0.121. The minimum absolute atomic E-state index is 0.00904. The van der Waals surface area contributed by atoms with Crippen molar-refractivity contribution in [3.8, 4) is 6.07 Å². The highest BCUT2D eigenvalue weighted by Gasteiger charge is 2.43. The van der Waals surface area contributed by atoms with Crippen molar-refractivity contribution in [1.29, 1.82) is 5.26 Å². The Balaban J connectivity index is 1.65. The number of nitrogens with zero attached hydrogens (tertiary/aromatic N) is 2. The number of amides is 2. The zero-order valence-electron chi connectivity index (χ0n) is 14.8.